The topological polar surface area (TPSA) is 41.5 Å². The van der Waals surface area contributed by atoms with Crippen molar-refractivity contribution in [2.75, 3.05) is 0 Å². The molecule has 0 aliphatic carbocycles. The van der Waals surface area contributed by atoms with E-state index in [0.29, 0.717) is 0 Å². The van der Waals surface area contributed by atoms with E-state index in [1.807, 2.05) is 6.92 Å². The monoisotopic (exact) mass is 189 g/mol. The summed E-state index contributed by atoms with van der Waals surface area (Å²) < 4.78 is 5.19. The molecule has 0 spiro atoms. The standard InChI is InChI=1S/C10H23NO2/c1-6-10(5,7-2)11-8(3)13-9(4)12/h8-9,11-12H,6-7H2,1-5H3. The molecule has 0 aliphatic rings. The molecule has 0 saturated heterocycles. The quantitative estimate of drug-likeness (QED) is 0.627. The van der Waals surface area contributed by atoms with Gasteiger partial charge >= 0.3 is 0 Å². The molecule has 0 rings (SSSR count). The second kappa shape index (κ2) is 5.58. The average Bonchev–Trinajstić information content (AvgIpc) is 2.02. The van der Waals surface area contributed by atoms with E-state index < -0.39 is 6.29 Å². The third-order valence-electron chi connectivity index (χ3n) is 2.51. The normalized spacial score (nSPS) is 17.1. The molecule has 13 heavy (non-hydrogen) atoms. The smallest absolute Gasteiger partial charge is 0.153 e. The summed E-state index contributed by atoms with van der Waals surface area (Å²) in [7, 11) is 0. The molecule has 0 bridgehead atoms. The van der Waals surface area contributed by atoms with Crippen molar-refractivity contribution in [2.45, 2.75) is 65.5 Å². The first-order valence-corrected chi connectivity index (χ1v) is 5.04. The number of aliphatic hydroxyl groups is 1. The number of hydrogen-bond donors (Lipinski definition) is 2. The maximum atomic E-state index is 9.00. The molecule has 0 saturated carbocycles. The van der Waals surface area contributed by atoms with Crippen LogP contribution in [-0.4, -0.2) is 23.2 Å². The fourth-order valence-corrected chi connectivity index (χ4v) is 1.27. The van der Waals surface area contributed by atoms with Crippen LogP contribution in [0.15, 0.2) is 0 Å². The third kappa shape index (κ3) is 5.24. The first-order chi connectivity index (χ1) is 5.93. The lowest BCUT2D eigenvalue weighted by molar-refractivity contribution is -0.134. The van der Waals surface area contributed by atoms with Gasteiger partial charge in [-0.2, -0.15) is 0 Å². The largest absolute Gasteiger partial charge is 0.368 e. The lowest BCUT2D eigenvalue weighted by Gasteiger charge is -2.32. The highest BCUT2D eigenvalue weighted by atomic mass is 16.6. The molecule has 0 aromatic heterocycles. The van der Waals surface area contributed by atoms with Crippen LogP contribution in [0, 0.1) is 0 Å². The van der Waals surface area contributed by atoms with E-state index in [1.54, 1.807) is 6.92 Å². The third-order valence-corrected chi connectivity index (χ3v) is 2.51. The Bertz CT molecular complexity index is 133. The Morgan fingerprint density at radius 2 is 1.77 bits per heavy atom. The molecule has 0 aromatic carbocycles. The van der Waals surface area contributed by atoms with Crippen molar-refractivity contribution in [2.24, 2.45) is 0 Å². The molecular weight excluding hydrogens is 166 g/mol. The molecule has 0 fully saturated rings. The van der Waals surface area contributed by atoms with Crippen LogP contribution in [0.1, 0.15) is 47.5 Å². The van der Waals surface area contributed by atoms with Gasteiger partial charge < -0.3 is 9.84 Å². The van der Waals surface area contributed by atoms with Crippen molar-refractivity contribution in [3.63, 3.8) is 0 Å². The molecule has 0 aromatic rings. The van der Waals surface area contributed by atoms with Crippen LogP contribution in [-0.2, 0) is 4.74 Å². The molecule has 0 amide bonds. The Kier molecular flexibility index (Phi) is 5.53. The van der Waals surface area contributed by atoms with Gasteiger partial charge in [0.05, 0.1) is 0 Å². The Morgan fingerprint density at radius 3 is 2.08 bits per heavy atom. The average molecular weight is 189 g/mol. The summed E-state index contributed by atoms with van der Waals surface area (Å²) in [5, 5.41) is 12.3. The minimum absolute atomic E-state index is 0.105. The minimum atomic E-state index is -0.708. The zero-order valence-corrected chi connectivity index (χ0v) is 9.42. The number of rotatable bonds is 6. The predicted molar refractivity (Wildman–Crippen MR) is 54.4 cm³/mol. The van der Waals surface area contributed by atoms with Gasteiger partial charge in [-0.25, -0.2) is 0 Å². The van der Waals surface area contributed by atoms with Crippen molar-refractivity contribution < 1.29 is 9.84 Å². The van der Waals surface area contributed by atoms with E-state index >= 15 is 0 Å². The zero-order valence-electron chi connectivity index (χ0n) is 9.42. The van der Waals surface area contributed by atoms with Crippen molar-refractivity contribution in [3.05, 3.63) is 0 Å². The van der Waals surface area contributed by atoms with Crippen LogP contribution >= 0.6 is 0 Å². The molecule has 2 atom stereocenters. The second-order valence-corrected chi connectivity index (χ2v) is 3.79. The van der Waals surface area contributed by atoms with Gasteiger partial charge in [-0.15, -0.1) is 0 Å². The molecule has 2 N–H and O–H groups in total. The molecule has 2 unspecified atom stereocenters. The van der Waals surface area contributed by atoms with Gasteiger partial charge in [-0.05, 0) is 33.6 Å². The van der Waals surface area contributed by atoms with E-state index in [-0.39, 0.29) is 11.8 Å². The van der Waals surface area contributed by atoms with Gasteiger partial charge in [0, 0.05) is 5.54 Å². The van der Waals surface area contributed by atoms with Crippen LogP contribution in [0.3, 0.4) is 0 Å². The molecule has 3 heteroatoms. The van der Waals surface area contributed by atoms with Crippen LogP contribution < -0.4 is 5.32 Å². The minimum Gasteiger partial charge on any atom is -0.368 e. The van der Waals surface area contributed by atoms with E-state index in [9.17, 15) is 0 Å². The van der Waals surface area contributed by atoms with Crippen LogP contribution in [0.2, 0.25) is 0 Å². The van der Waals surface area contributed by atoms with Gasteiger partial charge in [0.2, 0.25) is 0 Å². The SMILES string of the molecule is CCC(C)(CC)NC(C)OC(C)O. The fourth-order valence-electron chi connectivity index (χ4n) is 1.27. The Labute approximate surface area is 81.5 Å². The summed E-state index contributed by atoms with van der Waals surface area (Å²) >= 11 is 0. The second-order valence-electron chi connectivity index (χ2n) is 3.79. The highest BCUT2D eigenvalue weighted by Crippen LogP contribution is 2.14. The van der Waals surface area contributed by atoms with Crippen molar-refractivity contribution in [1.29, 1.82) is 0 Å². The number of nitrogens with one attached hydrogen (secondary N) is 1. The molecule has 80 valence electrons. The highest BCUT2D eigenvalue weighted by Gasteiger charge is 2.21. The highest BCUT2D eigenvalue weighted by molar-refractivity contribution is 4.80. The Hall–Kier alpha value is -0.120. The zero-order chi connectivity index (χ0) is 10.5. The van der Waals surface area contributed by atoms with Gasteiger partial charge in [-0.3, -0.25) is 5.32 Å². The fraction of sp³-hybridized carbons (Fsp3) is 1.00. The summed E-state index contributed by atoms with van der Waals surface area (Å²) in [5.41, 5.74) is 0.105. The summed E-state index contributed by atoms with van der Waals surface area (Å²) in [6.07, 6.45) is 1.29. The number of ether oxygens (including phenoxy) is 1. The first-order valence-electron chi connectivity index (χ1n) is 5.04. The van der Waals surface area contributed by atoms with Crippen molar-refractivity contribution in [3.8, 4) is 0 Å². The van der Waals surface area contributed by atoms with Gasteiger partial charge in [0.15, 0.2) is 6.29 Å². The van der Waals surface area contributed by atoms with Gasteiger partial charge in [0.25, 0.3) is 0 Å². The Balaban J connectivity index is 3.94. The van der Waals surface area contributed by atoms with Crippen LogP contribution in [0.4, 0.5) is 0 Å². The summed E-state index contributed by atoms with van der Waals surface area (Å²) in [4.78, 5) is 0. The lowest BCUT2D eigenvalue weighted by atomic mass is 9.95. The van der Waals surface area contributed by atoms with Crippen LogP contribution in [0.25, 0.3) is 0 Å². The maximum absolute atomic E-state index is 9.00. The van der Waals surface area contributed by atoms with E-state index in [1.165, 1.54) is 0 Å². The van der Waals surface area contributed by atoms with Gasteiger partial charge in [0.1, 0.15) is 6.23 Å². The summed E-state index contributed by atoms with van der Waals surface area (Å²) in [6.45, 7) is 9.98. The first kappa shape index (κ1) is 12.9. The van der Waals surface area contributed by atoms with E-state index in [0.717, 1.165) is 12.8 Å². The lowest BCUT2D eigenvalue weighted by Crippen LogP contribution is -2.48. The summed E-state index contributed by atoms with van der Waals surface area (Å²) in [6, 6.07) is 0. The van der Waals surface area contributed by atoms with Crippen molar-refractivity contribution in [1.82, 2.24) is 5.32 Å². The Morgan fingerprint density at radius 1 is 1.31 bits per heavy atom. The summed E-state index contributed by atoms with van der Waals surface area (Å²) in [5.74, 6) is 0. The molecule has 0 aliphatic heterocycles. The van der Waals surface area contributed by atoms with Crippen molar-refractivity contribution >= 4 is 0 Å². The number of hydrogen-bond acceptors (Lipinski definition) is 3. The molecule has 0 radical (unpaired) electrons. The van der Waals surface area contributed by atoms with E-state index in [2.05, 4.69) is 26.1 Å². The van der Waals surface area contributed by atoms with E-state index in [4.69, 9.17) is 9.84 Å². The molecule has 3 nitrogen and oxygen atoms in total. The maximum Gasteiger partial charge on any atom is 0.153 e. The van der Waals surface area contributed by atoms with Gasteiger partial charge in [-0.1, -0.05) is 13.8 Å². The molecule has 0 heterocycles. The number of aliphatic hydroxyl groups excluding tert-OH is 1. The predicted octanol–water partition coefficient (Wildman–Crippen LogP) is 1.86. The van der Waals surface area contributed by atoms with Crippen LogP contribution in [0.5, 0.6) is 0 Å². The molecular formula is C10H23NO2.